The van der Waals surface area contributed by atoms with Crippen LogP contribution in [-0.2, 0) is 5.67 Å². The van der Waals surface area contributed by atoms with E-state index in [9.17, 15) is 4.39 Å². The molecule has 0 heterocycles. The standard InChI is InChI=1S/C19H21ClFN3O2.HI/c1-25-16-7-6-14(9-17(16)26-2)23-18(22)24-15-10-19(21,11-15)12-4-3-5-13(20)8-12;/h3-9,15H,10-11H2,1-2H3,(H3,22,23,24);1H. The summed E-state index contributed by atoms with van der Waals surface area (Å²) >= 11 is 5.95. The van der Waals surface area contributed by atoms with Gasteiger partial charge in [0.1, 0.15) is 5.67 Å². The Hall–Kier alpha value is -1.74. The van der Waals surface area contributed by atoms with Gasteiger partial charge in [-0.15, -0.1) is 24.0 Å². The van der Waals surface area contributed by atoms with Gasteiger partial charge in [0.05, 0.1) is 20.3 Å². The van der Waals surface area contributed by atoms with E-state index in [0.29, 0.717) is 27.8 Å². The topological polar surface area (TPSA) is 68.9 Å². The van der Waals surface area contributed by atoms with Crippen LogP contribution < -0.4 is 20.5 Å². The molecule has 2 aromatic rings. The lowest BCUT2D eigenvalue weighted by molar-refractivity contribution is 0.0415. The van der Waals surface area contributed by atoms with Crippen molar-refractivity contribution in [1.82, 2.24) is 0 Å². The van der Waals surface area contributed by atoms with E-state index in [4.69, 9.17) is 26.8 Å². The first-order valence-electron chi connectivity index (χ1n) is 8.21. The fraction of sp³-hybridized carbons (Fsp3) is 0.316. The number of nitrogens with one attached hydrogen (secondary N) is 1. The summed E-state index contributed by atoms with van der Waals surface area (Å²) in [6, 6.07) is 12.0. The predicted octanol–water partition coefficient (Wildman–Crippen LogP) is 4.73. The van der Waals surface area contributed by atoms with Crippen LogP contribution in [0.4, 0.5) is 10.1 Å². The van der Waals surface area contributed by atoms with Crippen molar-refractivity contribution in [3.05, 3.63) is 53.1 Å². The van der Waals surface area contributed by atoms with E-state index < -0.39 is 5.67 Å². The van der Waals surface area contributed by atoms with Crippen molar-refractivity contribution in [1.29, 1.82) is 0 Å². The zero-order valence-corrected chi connectivity index (χ0v) is 18.1. The van der Waals surface area contributed by atoms with Gasteiger partial charge < -0.3 is 20.5 Å². The van der Waals surface area contributed by atoms with Crippen LogP contribution in [0.3, 0.4) is 0 Å². The summed E-state index contributed by atoms with van der Waals surface area (Å²) in [6.07, 6.45) is 0.559. The molecule has 146 valence electrons. The molecule has 27 heavy (non-hydrogen) atoms. The molecular formula is C19H22ClFIN3O2. The van der Waals surface area contributed by atoms with Crippen molar-refractivity contribution < 1.29 is 13.9 Å². The first kappa shape index (κ1) is 21.6. The van der Waals surface area contributed by atoms with Crippen LogP contribution >= 0.6 is 35.6 Å². The second kappa shape index (κ2) is 8.97. The van der Waals surface area contributed by atoms with Crippen molar-refractivity contribution in [3.63, 3.8) is 0 Å². The lowest BCUT2D eigenvalue weighted by Gasteiger charge is -2.39. The number of aliphatic imine (C=N–C) groups is 1. The van der Waals surface area contributed by atoms with Crippen LogP contribution in [0.25, 0.3) is 0 Å². The lowest BCUT2D eigenvalue weighted by atomic mass is 9.73. The Morgan fingerprint density at radius 3 is 2.52 bits per heavy atom. The third-order valence-corrected chi connectivity index (χ3v) is 4.67. The Labute approximate surface area is 180 Å². The number of hydrogen-bond acceptors (Lipinski definition) is 3. The summed E-state index contributed by atoms with van der Waals surface area (Å²) < 4.78 is 25.4. The number of nitrogens with two attached hydrogens (primary N) is 1. The first-order valence-corrected chi connectivity index (χ1v) is 8.58. The molecule has 0 atom stereocenters. The molecule has 0 saturated heterocycles. The number of benzene rings is 2. The van der Waals surface area contributed by atoms with Gasteiger partial charge in [-0.2, -0.15) is 0 Å². The number of halogens is 3. The minimum atomic E-state index is -1.40. The van der Waals surface area contributed by atoms with E-state index in [-0.39, 0.29) is 48.8 Å². The number of anilines is 1. The molecule has 3 N–H and O–H groups in total. The smallest absolute Gasteiger partial charge is 0.193 e. The molecule has 1 aliphatic rings. The second-order valence-electron chi connectivity index (χ2n) is 6.25. The zero-order chi connectivity index (χ0) is 18.7. The lowest BCUT2D eigenvalue weighted by Crippen LogP contribution is -2.41. The Morgan fingerprint density at radius 2 is 1.89 bits per heavy atom. The average molecular weight is 506 g/mol. The fourth-order valence-corrected chi connectivity index (χ4v) is 3.26. The Kier molecular flexibility index (Phi) is 7.16. The van der Waals surface area contributed by atoms with Gasteiger partial charge in [0.15, 0.2) is 17.5 Å². The van der Waals surface area contributed by atoms with E-state index in [1.54, 1.807) is 56.7 Å². The van der Waals surface area contributed by atoms with Gasteiger partial charge >= 0.3 is 0 Å². The van der Waals surface area contributed by atoms with Crippen molar-refractivity contribution in [2.75, 3.05) is 19.5 Å². The number of nitrogens with zero attached hydrogens (tertiary/aromatic N) is 1. The average Bonchev–Trinajstić information content (AvgIpc) is 2.60. The summed E-state index contributed by atoms with van der Waals surface area (Å²) in [4.78, 5) is 4.36. The second-order valence-corrected chi connectivity index (χ2v) is 6.68. The van der Waals surface area contributed by atoms with Gasteiger partial charge in [0, 0.05) is 29.6 Å². The van der Waals surface area contributed by atoms with Crippen LogP contribution in [0.15, 0.2) is 47.5 Å². The summed E-state index contributed by atoms with van der Waals surface area (Å²) in [7, 11) is 3.13. The van der Waals surface area contributed by atoms with Crippen molar-refractivity contribution >= 4 is 47.2 Å². The third-order valence-electron chi connectivity index (χ3n) is 4.44. The molecule has 2 aromatic carbocycles. The minimum Gasteiger partial charge on any atom is -0.493 e. The highest BCUT2D eigenvalue weighted by Gasteiger charge is 2.46. The van der Waals surface area contributed by atoms with Gasteiger partial charge in [0.2, 0.25) is 0 Å². The molecule has 1 fully saturated rings. The number of alkyl halides is 1. The van der Waals surface area contributed by atoms with E-state index >= 15 is 0 Å². The molecule has 5 nitrogen and oxygen atoms in total. The maximum absolute atomic E-state index is 14.9. The maximum Gasteiger partial charge on any atom is 0.193 e. The summed E-state index contributed by atoms with van der Waals surface area (Å²) in [6.45, 7) is 0. The molecule has 0 radical (unpaired) electrons. The minimum absolute atomic E-state index is 0. The number of guanidine groups is 1. The molecule has 0 unspecified atom stereocenters. The Balaban J connectivity index is 0.00000261. The molecule has 0 spiro atoms. The molecule has 0 amide bonds. The SMILES string of the molecule is COc1ccc(NC(N)=NC2CC(F)(c3cccc(Cl)c3)C2)cc1OC.I. The molecular weight excluding hydrogens is 484 g/mol. The fourth-order valence-electron chi connectivity index (χ4n) is 3.07. The highest BCUT2D eigenvalue weighted by molar-refractivity contribution is 14.0. The molecule has 1 saturated carbocycles. The van der Waals surface area contributed by atoms with Gasteiger partial charge in [-0.25, -0.2) is 9.38 Å². The Bertz CT molecular complexity index is 828. The van der Waals surface area contributed by atoms with Gasteiger partial charge in [-0.05, 0) is 29.8 Å². The first-order chi connectivity index (χ1) is 12.4. The highest BCUT2D eigenvalue weighted by atomic mass is 127. The number of methoxy groups -OCH3 is 2. The number of ether oxygens (including phenoxy) is 2. The maximum atomic E-state index is 14.9. The molecule has 8 heteroatoms. The zero-order valence-electron chi connectivity index (χ0n) is 15.0. The van der Waals surface area contributed by atoms with Gasteiger partial charge in [-0.3, -0.25) is 0 Å². The van der Waals surface area contributed by atoms with Gasteiger partial charge in [0.25, 0.3) is 0 Å². The molecule has 0 aliphatic heterocycles. The summed E-state index contributed by atoms with van der Waals surface area (Å²) in [5, 5.41) is 3.52. The van der Waals surface area contributed by atoms with Crippen LogP contribution in [0.5, 0.6) is 11.5 Å². The van der Waals surface area contributed by atoms with Crippen LogP contribution in [0.2, 0.25) is 5.02 Å². The van der Waals surface area contributed by atoms with Gasteiger partial charge in [-0.1, -0.05) is 23.7 Å². The van der Waals surface area contributed by atoms with Crippen LogP contribution in [0, 0.1) is 0 Å². The number of hydrogen-bond donors (Lipinski definition) is 2. The highest BCUT2D eigenvalue weighted by Crippen LogP contribution is 2.47. The van der Waals surface area contributed by atoms with E-state index in [1.807, 2.05) is 0 Å². The van der Waals surface area contributed by atoms with E-state index in [1.165, 1.54) is 0 Å². The summed E-state index contributed by atoms with van der Waals surface area (Å²) in [5.74, 6) is 1.43. The number of rotatable bonds is 5. The Morgan fingerprint density at radius 1 is 1.19 bits per heavy atom. The quantitative estimate of drug-likeness (QED) is 0.350. The van der Waals surface area contributed by atoms with E-state index in [0.717, 1.165) is 0 Å². The molecule has 0 bridgehead atoms. The van der Waals surface area contributed by atoms with Crippen molar-refractivity contribution in [3.8, 4) is 11.5 Å². The largest absolute Gasteiger partial charge is 0.493 e. The summed E-state index contributed by atoms with van der Waals surface area (Å²) in [5.41, 5.74) is 5.85. The van der Waals surface area contributed by atoms with Crippen LogP contribution in [0.1, 0.15) is 18.4 Å². The third kappa shape index (κ3) is 4.95. The predicted molar refractivity (Wildman–Crippen MR) is 117 cm³/mol. The van der Waals surface area contributed by atoms with E-state index in [2.05, 4.69) is 10.3 Å². The van der Waals surface area contributed by atoms with Crippen LogP contribution in [-0.4, -0.2) is 26.2 Å². The monoisotopic (exact) mass is 505 g/mol. The van der Waals surface area contributed by atoms with Crippen molar-refractivity contribution in [2.24, 2.45) is 10.7 Å². The molecule has 3 rings (SSSR count). The van der Waals surface area contributed by atoms with Crippen molar-refractivity contribution in [2.45, 2.75) is 24.6 Å². The molecule has 1 aliphatic carbocycles. The molecule has 0 aromatic heterocycles. The normalized spacial score (nSPS) is 21.6.